The molecule has 0 saturated heterocycles. The van der Waals surface area contributed by atoms with Crippen molar-refractivity contribution in [2.75, 3.05) is 6.54 Å². The Bertz CT molecular complexity index is 782. The van der Waals surface area contributed by atoms with Gasteiger partial charge in [0, 0.05) is 55.6 Å². The van der Waals surface area contributed by atoms with Crippen molar-refractivity contribution in [1.82, 2.24) is 25.4 Å². The van der Waals surface area contributed by atoms with E-state index in [4.69, 9.17) is 0 Å². The van der Waals surface area contributed by atoms with Crippen LogP contribution in [0.25, 0.3) is 0 Å². The molecule has 1 fully saturated rings. The number of nitrogens with one attached hydrogen (secondary N) is 2. The quantitative estimate of drug-likeness (QED) is 0.881. The van der Waals surface area contributed by atoms with Crippen LogP contribution in [-0.4, -0.2) is 38.4 Å². The maximum atomic E-state index is 12.5. The maximum absolute atomic E-state index is 12.5. The minimum atomic E-state index is -0.223. The molecular formula is C18H21N5O2. The molecule has 0 spiro atoms. The van der Waals surface area contributed by atoms with E-state index in [0.29, 0.717) is 25.3 Å². The van der Waals surface area contributed by atoms with Gasteiger partial charge in [0.05, 0.1) is 0 Å². The molecule has 7 heteroatoms. The molecule has 1 saturated carbocycles. The molecular weight excluding hydrogens is 318 g/mol. The molecule has 0 atom stereocenters. The third kappa shape index (κ3) is 3.14. The summed E-state index contributed by atoms with van der Waals surface area (Å²) in [5.74, 6) is 0.176. The number of aromatic amines is 1. The lowest BCUT2D eigenvalue weighted by molar-refractivity contribution is -0.139. The fourth-order valence-electron chi connectivity index (χ4n) is 3.35. The lowest BCUT2D eigenvalue weighted by atomic mass is 9.84. The van der Waals surface area contributed by atoms with Crippen LogP contribution in [0.15, 0.2) is 24.5 Å². The molecule has 2 aromatic rings. The van der Waals surface area contributed by atoms with Gasteiger partial charge < -0.3 is 10.2 Å². The summed E-state index contributed by atoms with van der Waals surface area (Å²) in [7, 11) is 0. The Hall–Kier alpha value is -2.70. The SMILES string of the molecule is O=C(NCc1cccnc1)c1n[nH]c2c1CN(C(=O)C1CCC1)CC2. The van der Waals surface area contributed by atoms with Gasteiger partial charge in [-0.3, -0.25) is 19.7 Å². The van der Waals surface area contributed by atoms with Crippen LogP contribution < -0.4 is 5.32 Å². The van der Waals surface area contributed by atoms with E-state index in [9.17, 15) is 9.59 Å². The van der Waals surface area contributed by atoms with Gasteiger partial charge in [-0.2, -0.15) is 5.10 Å². The summed E-state index contributed by atoms with van der Waals surface area (Å²) in [6.45, 7) is 1.57. The Morgan fingerprint density at radius 1 is 1.36 bits per heavy atom. The van der Waals surface area contributed by atoms with Crippen molar-refractivity contribution < 1.29 is 9.59 Å². The molecule has 0 aromatic carbocycles. The number of nitrogens with zero attached hydrogens (tertiary/aromatic N) is 3. The molecule has 25 heavy (non-hydrogen) atoms. The second-order valence-electron chi connectivity index (χ2n) is 6.71. The fraction of sp³-hybridized carbons (Fsp3) is 0.444. The molecule has 2 N–H and O–H groups in total. The van der Waals surface area contributed by atoms with Crippen molar-refractivity contribution in [2.45, 2.75) is 38.8 Å². The third-order valence-electron chi connectivity index (χ3n) is 5.09. The molecule has 2 amide bonds. The van der Waals surface area contributed by atoms with Crippen molar-refractivity contribution in [3.05, 3.63) is 47.0 Å². The number of pyridine rings is 1. The predicted molar refractivity (Wildman–Crippen MR) is 90.5 cm³/mol. The van der Waals surface area contributed by atoms with Gasteiger partial charge in [-0.25, -0.2) is 0 Å². The summed E-state index contributed by atoms with van der Waals surface area (Å²) in [5, 5.41) is 10.0. The topological polar surface area (TPSA) is 91.0 Å². The van der Waals surface area contributed by atoms with Gasteiger partial charge >= 0.3 is 0 Å². The molecule has 4 rings (SSSR count). The van der Waals surface area contributed by atoms with Crippen LogP contribution in [0.3, 0.4) is 0 Å². The van der Waals surface area contributed by atoms with Gasteiger partial charge in [-0.15, -0.1) is 0 Å². The number of carbonyl (C=O) groups is 2. The predicted octanol–water partition coefficient (Wildman–Crippen LogP) is 1.42. The molecule has 2 aliphatic rings. The van der Waals surface area contributed by atoms with Crippen LogP contribution in [0.1, 0.15) is 46.6 Å². The average Bonchev–Trinajstić information content (AvgIpc) is 3.02. The second-order valence-corrected chi connectivity index (χ2v) is 6.71. The van der Waals surface area contributed by atoms with Crippen LogP contribution in [0.5, 0.6) is 0 Å². The first kappa shape index (κ1) is 15.8. The van der Waals surface area contributed by atoms with Crippen molar-refractivity contribution in [3.8, 4) is 0 Å². The van der Waals surface area contributed by atoms with Gasteiger partial charge in [0.1, 0.15) is 0 Å². The van der Waals surface area contributed by atoms with Crippen LogP contribution in [-0.2, 0) is 24.3 Å². The van der Waals surface area contributed by atoms with E-state index in [1.165, 1.54) is 0 Å². The Balaban J connectivity index is 1.44. The minimum Gasteiger partial charge on any atom is -0.346 e. The maximum Gasteiger partial charge on any atom is 0.272 e. The number of hydrogen-bond acceptors (Lipinski definition) is 4. The first-order valence-electron chi connectivity index (χ1n) is 8.74. The van der Waals surface area contributed by atoms with E-state index in [2.05, 4.69) is 20.5 Å². The number of amides is 2. The highest BCUT2D eigenvalue weighted by molar-refractivity contribution is 5.94. The highest BCUT2D eigenvalue weighted by Gasteiger charge is 2.33. The number of fused-ring (bicyclic) bond motifs is 1. The molecule has 2 aromatic heterocycles. The largest absolute Gasteiger partial charge is 0.346 e. The molecule has 1 aliphatic carbocycles. The molecule has 130 valence electrons. The smallest absolute Gasteiger partial charge is 0.272 e. The lowest BCUT2D eigenvalue weighted by Crippen LogP contribution is -2.42. The highest BCUT2D eigenvalue weighted by atomic mass is 16.2. The molecule has 0 radical (unpaired) electrons. The summed E-state index contributed by atoms with van der Waals surface area (Å²) in [6, 6.07) is 3.74. The second kappa shape index (κ2) is 6.66. The molecule has 0 unspecified atom stereocenters. The first-order valence-corrected chi connectivity index (χ1v) is 8.74. The molecule has 0 bridgehead atoms. The van der Waals surface area contributed by atoms with Crippen LogP contribution in [0, 0.1) is 5.92 Å². The van der Waals surface area contributed by atoms with E-state index in [1.807, 2.05) is 17.0 Å². The Kier molecular flexibility index (Phi) is 4.21. The number of aromatic nitrogens is 3. The zero-order valence-electron chi connectivity index (χ0n) is 14.0. The minimum absolute atomic E-state index is 0.177. The number of carbonyl (C=O) groups excluding carboxylic acids is 2. The molecule has 1 aliphatic heterocycles. The Labute approximate surface area is 145 Å². The van der Waals surface area contributed by atoms with Gasteiger partial charge in [0.25, 0.3) is 5.91 Å². The number of rotatable bonds is 4. The van der Waals surface area contributed by atoms with E-state index < -0.39 is 0 Å². The third-order valence-corrected chi connectivity index (χ3v) is 5.09. The first-order chi connectivity index (χ1) is 12.2. The van der Waals surface area contributed by atoms with Crippen molar-refractivity contribution in [3.63, 3.8) is 0 Å². The number of H-pyrrole nitrogens is 1. The van der Waals surface area contributed by atoms with Crippen molar-refractivity contribution in [2.24, 2.45) is 5.92 Å². The normalized spacial score (nSPS) is 16.9. The lowest BCUT2D eigenvalue weighted by Gasteiger charge is -2.33. The number of hydrogen-bond donors (Lipinski definition) is 2. The Morgan fingerprint density at radius 3 is 2.96 bits per heavy atom. The Morgan fingerprint density at radius 2 is 2.24 bits per heavy atom. The fourth-order valence-corrected chi connectivity index (χ4v) is 3.35. The standard InChI is InChI=1S/C18H21N5O2/c24-17(20-10-12-3-2-7-19-9-12)16-14-11-23(8-6-15(14)21-22-16)18(25)13-4-1-5-13/h2-3,7,9,13H,1,4-6,8,10-11H2,(H,20,24)(H,21,22). The zero-order valence-corrected chi connectivity index (χ0v) is 14.0. The van der Waals surface area contributed by atoms with Crippen LogP contribution in [0.4, 0.5) is 0 Å². The van der Waals surface area contributed by atoms with E-state index in [0.717, 1.165) is 42.5 Å². The zero-order chi connectivity index (χ0) is 17.2. The monoisotopic (exact) mass is 339 g/mol. The molecule has 3 heterocycles. The summed E-state index contributed by atoms with van der Waals surface area (Å²) in [5.41, 5.74) is 3.14. The van der Waals surface area contributed by atoms with Crippen LogP contribution >= 0.6 is 0 Å². The van der Waals surface area contributed by atoms with Gasteiger partial charge in [0.15, 0.2) is 5.69 Å². The molecule has 7 nitrogen and oxygen atoms in total. The van der Waals surface area contributed by atoms with Gasteiger partial charge in [-0.1, -0.05) is 12.5 Å². The van der Waals surface area contributed by atoms with E-state index >= 15 is 0 Å². The van der Waals surface area contributed by atoms with Gasteiger partial charge in [0.2, 0.25) is 5.91 Å². The van der Waals surface area contributed by atoms with Crippen molar-refractivity contribution >= 4 is 11.8 Å². The summed E-state index contributed by atoms with van der Waals surface area (Å²) in [4.78, 5) is 30.9. The van der Waals surface area contributed by atoms with Gasteiger partial charge in [-0.05, 0) is 24.5 Å². The van der Waals surface area contributed by atoms with Crippen LogP contribution in [0.2, 0.25) is 0 Å². The average molecular weight is 339 g/mol. The summed E-state index contributed by atoms with van der Waals surface area (Å²) < 4.78 is 0. The van der Waals surface area contributed by atoms with E-state index in [1.54, 1.807) is 12.4 Å². The van der Waals surface area contributed by atoms with Crippen molar-refractivity contribution in [1.29, 1.82) is 0 Å². The highest BCUT2D eigenvalue weighted by Crippen LogP contribution is 2.30. The van der Waals surface area contributed by atoms with E-state index in [-0.39, 0.29) is 17.7 Å². The summed E-state index contributed by atoms with van der Waals surface area (Å²) >= 11 is 0. The summed E-state index contributed by atoms with van der Waals surface area (Å²) in [6.07, 6.45) is 7.26.